The Kier molecular flexibility index (Phi) is 5.84. The molecule has 0 amide bonds. The highest BCUT2D eigenvalue weighted by molar-refractivity contribution is 5.44. The van der Waals surface area contributed by atoms with E-state index in [4.69, 9.17) is 15.2 Å². The van der Waals surface area contributed by atoms with Gasteiger partial charge in [-0.25, -0.2) is 0 Å². The molecule has 1 aromatic rings. The summed E-state index contributed by atoms with van der Waals surface area (Å²) in [5.74, 6) is 1.96. The summed E-state index contributed by atoms with van der Waals surface area (Å²) in [5.41, 5.74) is 7.07. The molecule has 0 fully saturated rings. The van der Waals surface area contributed by atoms with E-state index in [9.17, 15) is 0 Å². The average Bonchev–Trinajstić information content (AvgIpc) is 2.39. The molecular formula is C14H23NO2. The van der Waals surface area contributed by atoms with Crippen molar-refractivity contribution in [3.63, 3.8) is 0 Å². The Labute approximate surface area is 104 Å². The SMILES string of the molecule is CCCC[C@@H](CN)c1ccc(OC)c(OC)c1. The second-order valence-electron chi connectivity index (χ2n) is 4.19. The Morgan fingerprint density at radius 3 is 2.41 bits per heavy atom. The smallest absolute Gasteiger partial charge is 0.160 e. The van der Waals surface area contributed by atoms with E-state index in [1.165, 1.54) is 18.4 Å². The van der Waals surface area contributed by atoms with Gasteiger partial charge in [0.25, 0.3) is 0 Å². The second kappa shape index (κ2) is 7.17. The summed E-state index contributed by atoms with van der Waals surface area (Å²) in [6.45, 7) is 2.87. The Bertz CT molecular complexity index is 339. The minimum absolute atomic E-state index is 0.412. The van der Waals surface area contributed by atoms with Crippen LogP contribution in [0.1, 0.15) is 37.7 Å². The molecule has 0 heterocycles. The van der Waals surface area contributed by atoms with Crippen LogP contribution in [0.25, 0.3) is 0 Å². The van der Waals surface area contributed by atoms with Gasteiger partial charge in [0.15, 0.2) is 11.5 Å². The van der Waals surface area contributed by atoms with Crippen LogP contribution in [0.4, 0.5) is 0 Å². The Morgan fingerprint density at radius 2 is 1.88 bits per heavy atom. The van der Waals surface area contributed by atoms with Crippen LogP contribution in [-0.2, 0) is 0 Å². The first-order valence-electron chi connectivity index (χ1n) is 6.18. The monoisotopic (exact) mass is 237 g/mol. The summed E-state index contributed by atoms with van der Waals surface area (Å²) >= 11 is 0. The minimum atomic E-state index is 0.412. The summed E-state index contributed by atoms with van der Waals surface area (Å²) in [6.07, 6.45) is 3.53. The predicted octanol–water partition coefficient (Wildman–Crippen LogP) is 2.94. The Morgan fingerprint density at radius 1 is 1.18 bits per heavy atom. The summed E-state index contributed by atoms with van der Waals surface area (Å²) < 4.78 is 10.5. The van der Waals surface area contributed by atoms with E-state index in [0.29, 0.717) is 12.5 Å². The maximum atomic E-state index is 5.84. The van der Waals surface area contributed by atoms with Crippen molar-refractivity contribution >= 4 is 0 Å². The van der Waals surface area contributed by atoms with E-state index in [-0.39, 0.29) is 0 Å². The van der Waals surface area contributed by atoms with Crippen LogP contribution < -0.4 is 15.2 Å². The largest absolute Gasteiger partial charge is 0.493 e. The highest BCUT2D eigenvalue weighted by Crippen LogP contribution is 2.31. The molecule has 0 bridgehead atoms. The third-order valence-electron chi connectivity index (χ3n) is 3.07. The maximum Gasteiger partial charge on any atom is 0.160 e. The van der Waals surface area contributed by atoms with Gasteiger partial charge in [0.1, 0.15) is 0 Å². The van der Waals surface area contributed by atoms with Crippen molar-refractivity contribution in [3.05, 3.63) is 23.8 Å². The highest BCUT2D eigenvalue weighted by atomic mass is 16.5. The van der Waals surface area contributed by atoms with Crippen LogP contribution in [0.3, 0.4) is 0 Å². The predicted molar refractivity (Wildman–Crippen MR) is 70.9 cm³/mol. The van der Waals surface area contributed by atoms with Gasteiger partial charge in [-0.2, -0.15) is 0 Å². The molecule has 0 spiro atoms. The van der Waals surface area contributed by atoms with E-state index in [0.717, 1.165) is 17.9 Å². The van der Waals surface area contributed by atoms with Gasteiger partial charge >= 0.3 is 0 Å². The van der Waals surface area contributed by atoms with Crippen molar-refractivity contribution in [2.75, 3.05) is 20.8 Å². The third kappa shape index (κ3) is 3.63. The molecule has 1 rings (SSSR count). The number of hydrogen-bond acceptors (Lipinski definition) is 3. The third-order valence-corrected chi connectivity index (χ3v) is 3.07. The Hall–Kier alpha value is -1.22. The molecule has 1 aromatic carbocycles. The lowest BCUT2D eigenvalue weighted by atomic mass is 9.93. The molecule has 0 saturated carbocycles. The zero-order valence-corrected chi connectivity index (χ0v) is 11.0. The highest BCUT2D eigenvalue weighted by Gasteiger charge is 2.12. The molecule has 0 aliphatic carbocycles. The second-order valence-corrected chi connectivity index (χ2v) is 4.19. The van der Waals surface area contributed by atoms with Gasteiger partial charge in [-0.05, 0) is 36.6 Å². The van der Waals surface area contributed by atoms with Crippen LogP contribution in [0, 0.1) is 0 Å². The van der Waals surface area contributed by atoms with Gasteiger partial charge in [0.05, 0.1) is 14.2 Å². The minimum Gasteiger partial charge on any atom is -0.493 e. The summed E-state index contributed by atoms with van der Waals surface area (Å²) in [5, 5.41) is 0. The maximum absolute atomic E-state index is 5.84. The normalized spacial score (nSPS) is 12.2. The number of hydrogen-bond donors (Lipinski definition) is 1. The van der Waals surface area contributed by atoms with Crippen molar-refractivity contribution in [3.8, 4) is 11.5 Å². The van der Waals surface area contributed by atoms with E-state index in [2.05, 4.69) is 13.0 Å². The number of nitrogens with two attached hydrogens (primary N) is 1. The molecule has 0 aliphatic rings. The fraction of sp³-hybridized carbons (Fsp3) is 0.571. The molecule has 0 radical (unpaired) electrons. The number of methoxy groups -OCH3 is 2. The first-order valence-corrected chi connectivity index (χ1v) is 6.18. The quantitative estimate of drug-likeness (QED) is 0.793. The van der Waals surface area contributed by atoms with Crippen LogP contribution in [0.5, 0.6) is 11.5 Å². The van der Waals surface area contributed by atoms with Crippen molar-refractivity contribution in [1.82, 2.24) is 0 Å². The molecule has 96 valence electrons. The zero-order valence-electron chi connectivity index (χ0n) is 11.0. The topological polar surface area (TPSA) is 44.5 Å². The van der Waals surface area contributed by atoms with E-state index < -0.39 is 0 Å². The standard InChI is InChI=1S/C14H23NO2/c1-4-5-6-12(10-15)11-7-8-13(16-2)14(9-11)17-3/h7-9,12H,4-6,10,15H2,1-3H3/t12-/m0/s1. The molecule has 1 atom stereocenters. The molecule has 3 nitrogen and oxygen atoms in total. The molecule has 3 heteroatoms. The summed E-state index contributed by atoms with van der Waals surface area (Å²) in [6, 6.07) is 6.06. The lowest BCUT2D eigenvalue weighted by Crippen LogP contribution is -2.12. The fourth-order valence-electron chi connectivity index (χ4n) is 1.98. The summed E-state index contributed by atoms with van der Waals surface area (Å²) in [7, 11) is 3.31. The van der Waals surface area contributed by atoms with E-state index in [1.54, 1.807) is 14.2 Å². The molecule has 0 saturated heterocycles. The van der Waals surface area contributed by atoms with Gasteiger partial charge in [-0.1, -0.05) is 25.8 Å². The van der Waals surface area contributed by atoms with Gasteiger partial charge < -0.3 is 15.2 Å². The van der Waals surface area contributed by atoms with Crippen LogP contribution in [0.15, 0.2) is 18.2 Å². The number of benzene rings is 1. The molecule has 0 aromatic heterocycles. The molecule has 17 heavy (non-hydrogen) atoms. The van der Waals surface area contributed by atoms with Gasteiger partial charge in [-0.15, -0.1) is 0 Å². The van der Waals surface area contributed by atoms with E-state index in [1.807, 2.05) is 12.1 Å². The van der Waals surface area contributed by atoms with Crippen molar-refractivity contribution in [1.29, 1.82) is 0 Å². The number of unbranched alkanes of at least 4 members (excludes halogenated alkanes) is 1. The molecule has 0 unspecified atom stereocenters. The van der Waals surface area contributed by atoms with E-state index >= 15 is 0 Å². The van der Waals surface area contributed by atoms with Crippen molar-refractivity contribution < 1.29 is 9.47 Å². The Balaban J connectivity index is 2.88. The average molecular weight is 237 g/mol. The first-order chi connectivity index (χ1) is 8.26. The van der Waals surface area contributed by atoms with Gasteiger partial charge in [0, 0.05) is 0 Å². The van der Waals surface area contributed by atoms with Crippen LogP contribution in [-0.4, -0.2) is 20.8 Å². The van der Waals surface area contributed by atoms with Gasteiger partial charge in [-0.3, -0.25) is 0 Å². The van der Waals surface area contributed by atoms with Crippen molar-refractivity contribution in [2.24, 2.45) is 5.73 Å². The lowest BCUT2D eigenvalue weighted by molar-refractivity contribution is 0.354. The van der Waals surface area contributed by atoms with Crippen LogP contribution in [0.2, 0.25) is 0 Å². The van der Waals surface area contributed by atoms with Crippen LogP contribution >= 0.6 is 0 Å². The zero-order chi connectivity index (χ0) is 12.7. The fourth-order valence-corrected chi connectivity index (χ4v) is 1.98. The molecular weight excluding hydrogens is 214 g/mol. The van der Waals surface area contributed by atoms with Crippen molar-refractivity contribution in [2.45, 2.75) is 32.1 Å². The summed E-state index contributed by atoms with van der Waals surface area (Å²) in [4.78, 5) is 0. The lowest BCUT2D eigenvalue weighted by Gasteiger charge is -2.17. The molecule has 0 aliphatic heterocycles. The van der Waals surface area contributed by atoms with Gasteiger partial charge in [0.2, 0.25) is 0 Å². The number of rotatable bonds is 7. The molecule has 2 N–H and O–H groups in total. The first kappa shape index (κ1) is 13.8. The number of ether oxygens (including phenoxy) is 2.